The lowest BCUT2D eigenvalue weighted by atomic mass is 10.0. The summed E-state index contributed by atoms with van der Waals surface area (Å²) in [6.45, 7) is 0. The predicted octanol–water partition coefficient (Wildman–Crippen LogP) is 9.27. The Morgan fingerprint density at radius 1 is 0.489 bits per heavy atom. The van der Waals surface area contributed by atoms with Crippen LogP contribution in [0.25, 0.3) is 52.7 Å². The number of hydrogen-bond acceptors (Lipinski definition) is 5. The molecule has 0 fully saturated rings. The van der Waals surface area contributed by atoms with Gasteiger partial charge in [-0.25, -0.2) is 9.97 Å². The van der Waals surface area contributed by atoms with E-state index in [2.05, 4.69) is 82.8 Å². The molecular weight excluding hydrogens is 552 g/mol. The fraction of sp³-hybridized carbons (Fsp3) is 0. The van der Waals surface area contributed by atoms with Crippen molar-refractivity contribution in [1.29, 1.82) is 0 Å². The fourth-order valence-electron chi connectivity index (χ4n) is 4.98. The lowest BCUT2D eigenvalue weighted by Gasteiger charge is -2.19. The van der Waals surface area contributed by atoms with Gasteiger partial charge in [0.25, 0.3) is 0 Å². The molecule has 0 unspecified atom stereocenters. The minimum absolute atomic E-state index is 0.558. The number of pyridine rings is 2. The van der Waals surface area contributed by atoms with E-state index in [1.54, 1.807) is 12.4 Å². The van der Waals surface area contributed by atoms with Crippen LogP contribution in [-0.4, -0.2) is 19.9 Å². The van der Waals surface area contributed by atoms with E-state index < -0.39 is 0 Å². The van der Waals surface area contributed by atoms with E-state index in [0.29, 0.717) is 11.5 Å². The second-order valence-corrected chi connectivity index (χ2v) is 10.4. The molecule has 6 aromatic rings. The summed E-state index contributed by atoms with van der Waals surface area (Å²) in [7, 11) is 0. The number of nitrogens with zero attached hydrogens (tertiary/aromatic N) is 4. The van der Waals surface area contributed by atoms with Crippen molar-refractivity contribution in [3.63, 3.8) is 0 Å². The Morgan fingerprint density at radius 2 is 1.07 bits per heavy atom. The first-order chi connectivity index (χ1) is 22.3. The average Bonchev–Trinajstić information content (AvgIpc) is 3.12. The van der Waals surface area contributed by atoms with Gasteiger partial charge in [0, 0.05) is 23.5 Å². The van der Waals surface area contributed by atoms with Crippen molar-refractivity contribution in [2.45, 2.75) is 0 Å². The van der Waals surface area contributed by atoms with Gasteiger partial charge in [-0.1, -0.05) is 103 Å². The summed E-state index contributed by atoms with van der Waals surface area (Å²) >= 11 is 0. The third-order valence-corrected chi connectivity index (χ3v) is 7.22. The largest absolute Gasteiger partial charge is 0.456 e. The Bertz CT molecular complexity index is 1920. The van der Waals surface area contributed by atoms with E-state index in [9.17, 15) is 0 Å². The zero-order valence-corrected chi connectivity index (χ0v) is 24.4. The molecular formula is C40H28N4O. The maximum atomic E-state index is 6.35. The summed E-state index contributed by atoms with van der Waals surface area (Å²) in [6.07, 6.45) is 13.9. The van der Waals surface area contributed by atoms with E-state index >= 15 is 0 Å². The van der Waals surface area contributed by atoms with Crippen molar-refractivity contribution in [1.82, 2.24) is 19.9 Å². The lowest BCUT2D eigenvalue weighted by Crippen LogP contribution is -1.99. The van der Waals surface area contributed by atoms with Gasteiger partial charge in [-0.3, -0.25) is 9.97 Å². The molecule has 0 aliphatic carbocycles. The minimum atomic E-state index is 0.558. The molecule has 0 bridgehead atoms. The van der Waals surface area contributed by atoms with Gasteiger partial charge < -0.3 is 4.74 Å². The number of hydrogen-bond donors (Lipinski definition) is 0. The third kappa shape index (κ3) is 6.74. The van der Waals surface area contributed by atoms with E-state index in [4.69, 9.17) is 14.7 Å². The van der Waals surface area contributed by atoms with Crippen molar-refractivity contribution < 1.29 is 4.74 Å². The summed E-state index contributed by atoms with van der Waals surface area (Å²) < 4.78 is 6.35. The van der Waals surface area contributed by atoms with E-state index in [1.807, 2.05) is 84.9 Å². The zero-order chi connectivity index (χ0) is 30.3. The van der Waals surface area contributed by atoms with Crippen LogP contribution in [0, 0.1) is 0 Å². The Balaban J connectivity index is 1.17. The minimum Gasteiger partial charge on any atom is -0.456 e. The van der Waals surface area contributed by atoms with Crippen molar-refractivity contribution in [3.8, 4) is 22.9 Å². The van der Waals surface area contributed by atoms with E-state index in [0.717, 1.165) is 56.4 Å². The van der Waals surface area contributed by atoms with Crippen molar-refractivity contribution in [2.75, 3.05) is 0 Å². The highest BCUT2D eigenvalue weighted by Gasteiger charge is 2.15. The quantitative estimate of drug-likeness (QED) is 0.188. The van der Waals surface area contributed by atoms with E-state index in [-0.39, 0.29) is 0 Å². The maximum absolute atomic E-state index is 6.35. The standard InChI is InChI=1S/C40H28N4O/c1-3-11-32(12-4-1)38-26-31(27-39(45-38)33-13-5-2-6-14-33)25-30-19-17-29(18-20-30)21-22-34-28-37(35-15-7-9-23-41-35)44-40(43-34)36-16-8-10-24-42-36/h1-28H/b22-21+. The topological polar surface area (TPSA) is 60.8 Å². The molecule has 5 heteroatoms. The molecule has 45 heavy (non-hydrogen) atoms. The van der Waals surface area contributed by atoms with Crippen LogP contribution < -0.4 is 0 Å². The molecule has 0 amide bonds. The molecule has 0 radical (unpaired) electrons. The van der Waals surface area contributed by atoms with Crippen LogP contribution in [0.5, 0.6) is 0 Å². The Labute approximate surface area is 262 Å². The molecule has 1 aliphatic rings. The van der Waals surface area contributed by atoms with Gasteiger partial charge in [0.1, 0.15) is 17.2 Å². The van der Waals surface area contributed by atoms with Crippen LogP contribution >= 0.6 is 0 Å². The highest BCUT2D eigenvalue weighted by Crippen LogP contribution is 2.33. The third-order valence-electron chi connectivity index (χ3n) is 7.22. The van der Waals surface area contributed by atoms with Gasteiger partial charge in [0.15, 0.2) is 5.82 Å². The van der Waals surface area contributed by atoms with Crippen molar-refractivity contribution in [2.24, 2.45) is 0 Å². The van der Waals surface area contributed by atoms with Gasteiger partial charge in [0.05, 0.1) is 17.1 Å². The van der Waals surface area contributed by atoms with Crippen LogP contribution in [0.4, 0.5) is 0 Å². The Morgan fingerprint density at radius 3 is 1.67 bits per heavy atom. The summed E-state index contributed by atoms with van der Waals surface area (Å²) in [5.74, 6) is 2.20. The normalized spacial score (nSPS) is 12.8. The molecule has 4 heterocycles. The van der Waals surface area contributed by atoms with Crippen LogP contribution in [0.15, 0.2) is 158 Å². The van der Waals surface area contributed by atoms with Crippen LogP contribution in [0.1, 0.15) is 27.9 Å². The smallest absolute Gasteiger partial charge is 0.179 e. The molecule has 3 aromatic heterocycles. The molecule has 1 aliphatic heterocycles. The zero-order valence-electron chi connectivity index (χ0n) is 24.4. The first-order valence-corrected chi connectivity index (χ1v) is 14.7. The molecule has 0 spiro atoms. The number of ether oxygens (including phenoxy) is 1. The molecule has 214 valence electrons. The van der Waals surface area contributed by atoms with Crippen LogP contribution in [0.3, 0.4) is 0 Å². The predicted molar refractivity (Wildman–Crippen MR) is 182 cm³/mol. The summed E-state index contributed by atoms with van der Waals surface area (Å²) in [5, 5.41) is 0. The maximum Gasteiger partial charge on any atom is 0.179 e. The van der Waals surface area contributed by atoms with Gasteiger partial charge in [-0.05, 0) is 71.3 Å². The lowest BCUT2D eigenvalue weighted by molar-refractivity contribution is 0.467. The second-order valence-electron chi connectivity index (χ2n) is 10.4. The first-order valence-electron chi connectivity index (χ1n) is 14.7. The summed E-state index contributed by atoms with van der Waals surface area (Å²) in [6, 6.07) is 42.3. The number of rotatable bonds is 7. The number of aromatic nitrogens is 4. The van der Waals surface area contributed by atoms with Gasteiger partial charge in [-0.2, -0.15) is 0 Å². The molecule has 7 rings (SSSR count). The Kier molecular flexibility index (Phi) is 7.97. The molecule has 0 saturated heterocycles. The molecule has 0 atom stereocenters. The SMILES string of the molecule is C(=C1C=C(c2ccccc2)OC(c2ccccc2)=C1)c1ccc(/C=C/c2cc(-c3ccccn3)nc(-c3ccccn3)n2)cc1. The Hall–Kier alpha value is -6.20. The van der Waals surface area contributed by atoms with Crippen molar-refractivity contribution >= 4 is 29.7 Å². The first kappa shape index (κ1) is 27.6. The second kappa shape index (κ2) is 13.0. The van der Waals surface area contributed by atoms with Crippen LogP contribution in [0.2, 0.25) is 0 Å². The molecule has 0 saturated carbocycles. The molecule has 0 N–H and O–H groups in total. The number of allylic oxidation sites excluding steroid dienone is 3. The van der Waals surface area contributed by atoms with E-state index in [1.165, 1.54) is 0 Å². The monoisotopic (exact) mass is 580 g/mol. The van der Waals surface area contributed by atoms with Gasteiger partial charge in [0.2, 0.25) is 0 Å². The average molecular weight is 581 g/mol. The highest BCUT2D eigenvalue weighted by molar-refractivity contribution is 5.81. The highest BCUT2D eigenvalue weighted by atomic mass is 16.5. The molecule has 5 nitrogen and oxygen atoms in total. The van der Waals surface area contributed by atoms with Gasteiger partial charge in [-0.15, -0.1) is 0 Å². The number of benzene rings is 3. The fourth-order valence-corrected chi connectivity index (χ4v) is 4.98. The molecule has 3 aromatic carbocycles. The summed E-state index contributed by atoms with van der Waals surface area (Å²) in [4.78, 5) is 18.5. The summed E-state index contributed by atoms with van der Waals surface area (Å²) in [5.41, 5.74) is 8.30. The van der Waals surface area contributed by atoms with Gasteiger partial charge >= 0.3 is 0 Å². The van der Waals surface area contributed by atoms with Crippen LogP contribution in [-0.2, 0) is 4.74 Å². The van der Waals surface area contributed by atoms with Crippen molar-refractivity contribution in [3.05, 3.63) is 185 Å².